The molecule has 12 heavy (non-hydrogen) atoms. The van der Waals surface area contributed by atoms with Crippen LogP contribution in [0.15, 0.2) is 0 Å². The average Bonchev–Trinajstić information content (AvgIpc) is 2.00. The van der Waals surface area contributed by atoms with Crippen molar-refractivity contribution in [2.45, 2.75) is 19.4 Å². The van der Waals surface area contributed by atoms with Gasteiger partial charge in [-0.15, -0.1) is 0 Å². The van der Waals surface area contributed by atoms with Gasteiger partial charge in [0.15, 0.2) is 0 Å². The number of aliphatic hydroxyl groups is 2. The Morgan fingerprint density at radius 1 is 1.50 bits per heavy atom. The molecular weight excluding hydrogens is 162 g/mol. The van der Waals surface area contributed by atoms with E-state index in [9.17, 15) is 4.79 Å². The van der Waals surface area contributed by atoms with Crippen LogP contribution in [0, 0.1) is 0 Å². The molecule has 0 aliphatic heterocycles. The molecule has 0 rings (SSSR count). The van der Waals surface area contributed by atoms with Crippen molar-refractivity contribution in [1.82, 2.24) is 5.32 Å². The molecule has 0 aromatic carbocycles. The lowest BCUT2D eigenvalue weighted by molar-refractivity contribution is 0.102. The second kappa shape index (κ2) is 4.95. The van der Waals surface area contributed by atoms with Gasteiger partial charge >= 0.3 is 6.09 Å². The summed E-state index contributed by atoms with van der Waals surface area (Å²) < 4.78 is 4.52. The number of hydrogen-bond donors (Lipinski definition) is 3. The minimum atomic E-state index is -0.688. The van der Waals surface area contributed by atoms with E-state index >= 15 is 0 Å². The zero-order valence-corrected chi connectivity index (χ0v) is 7.33. The fraction of sp³-hybridized carbons (Fsp3) is 0.857. The number of rotatable bonds is 4. The van der Waals surface area contributed by atoms with E-state index in [-0.39, 0.29) is 19.8 Å². The van der Waals surface area contributed by atoms with Gasteiger partial charge in [0.25, 0.3) is 0 Å². The predicted octanol–water partition coefficient (Wildman–Crippen LogP) is -0.524. The van der Waals surface area contributed by atoms with Crippen molar-refractivity contribution >= 4 is 6.09 Å². The minimum Gasteiger partial charge on any atom is -0.447 e. The third-order valence-electron chi connectivity index (χ3n) is 1.16. The smallest absolute Gasteiger partial charge is 0.407 e. The van der Waals surface area contributed by atoms with E-state index in [0.717, 1.165) is 0 Å². The molecule has 0 aliphatic rings. The van der Waals surface area contributed by atoms with E-state index in [0.29, 0.717) is 0 Å². The number of amides is 1. The zero-order chi connectivity index (χ0) is 9.61. The first-order valence-electron chi connectivity index (χ1n) is 3.68. The highest BCUT2D eigenvalue weighted by Crippen LogP contribution is 1.99. The Morgan fingerprint density at radius 3 is 2.50 bits per heavy atom. The van der Waals surface area contributed by atoms with Gasteiger partial charge in [0.2, 0.25) is 0 Å². The quantitative estimate of drug-likeness (QED) is 0.539. The van der Waals surface area contributed by atoms with Gasteiger partial charge in [0.1, 0.15) is 6.61 Å². The molecule has 1 amide bonds. The van der Waals surface area contributed by atoms with Crippen LogP contribution in [0.25, 0.3) is 0 Å². The van der Waals surface area contributed by atoms with Crippen LogP contribution in [0.2, 0.25) is 0 Å². The summed E-state index contributed by atoms with van der Waals surface area (Å²) in [6, 6.07) is 0. The molecule has 5 heteroatoms. The van der Waals surface area contributed by atoms with Gasteiger partial charge < -0.3 is 20.3 Å². The lowest BCUT2D eigenvalue weighted by atomic mass is 10.1. The standard InChI is InChI=1S/C7H15NO4/c1-7(2,5-10)8-6(11)12-4-3-9/h9-10H,3-5H2,1-2H3,(H,8,11). The van der Waals surface area contributed by atoms with Gasteiger partial charge in [0.05, 0.1) is 18.8 Å². The van der Waals surface area contributed by atoms with Gasteiger partial charge in [-0.05, 0) is 13.8 Å². The van der Waals surface area contributed by atoms with E-state index in [1.54, 1.807) is 13.8 Å². The molecule has 0 unspecified atom stereocenters. The number of hydrogen-bond acceptors (Lipinski definition) is 4. The van der Waals surface area contributed by atoms with Crippen molar-refractivity contribution in [3.8, 4) is 0 Å². The SMILES string of the molecule is CC(C)(CO)NC(=O)OCCO. The normalized spacial score (nSPS) is 11.0. The van der Waals surface area contributed by atoms with Crippen LogP contribution in [-0.2, 0) is 4.74 Å². The van der Waals surface area contributed by atoms with Gasteiger partial charge in [-0.3, -0.25) is 0 Å². The highest BCUT2D eigenvalue weighted by atomic mass is 16.6. The highest BCUT2D eigenvalue weighted by molar-refractivity contribution is 5.68. The van der Waals surface area contributed by atoms with Crippen LogP contribution >= 0.6 is 0 Å². The first-order valence-corrected chi connectivity index (χ1v) is 3.68. The Bertz CT molecular complexity index is 146. The Balaban J connectivity index is 3.68. The first-order chi connectivity index (χ1) is 5.52. The van der Waals surface area contributed by atoms with Crippen molar-refractivity contribution in [2.24, 2.45) is 0 Å². The number of aliphatic hydroxyl groups excluding tert-OH is 2. The first kappa shape index (κ1) is 11.2. The number of carbonyl (C=O) groups is 1. The summed E-state index contributed by atoms with van der Waals surface area (Å²) >= 11 is 0. The van der Waals surface area contributed by atoms with Gasteiger partial charge in [0, 0.05) is 0 Å². The molecule has 0 spiro atoms. The molecule has 0 saturated heterocycles. The lowest BCUT2D eigenvalue weighted by Crippen LogP contribution is -2.46. The Labute approximate surface area is 71.3 Å². The third-order valence-corrected chi connectivity index (χ3v) is 1.16. The van der Waals surface area contributed by atoms with E-state index < -0.39 is 11.6 Å². The highest BCUT2D eigenvalue weighted by Gasteiger charge is 2.19. The second-order valence-electron chi connectivity index (χ2n) is 3.03. The molecule has 3 N–H and O–H groups in total. The molecule has 0 bridgehead atoms. The average molecular weight is 177 g/mol. The number of nitrogens with one attached hydrogen (secondary N) is 1. The molecule has 72 valence electrons. The van der Waals surface area contributed by atoms with Crippen LogP contribution in [0.4, 0.5) is 4.79 Å². The van der Waals surface area contributed by atoms with Crippen LogP contribution < -0.4 is 5.32 Å². The molecule has 0 radical (unpaired) electrons. The Morgan fingerprint density at radius 2 is 2.08 bits per heavy atom. The summed E-state index contributed by atoms with van der Waals surface area (Å²) in [7, 11) is 0. The predicted molar refractivity (Wildman–Crippen MR) is 42.7 cm³/mol. The van der Waals surface area contributed by atoms with Gasteiger partial charge in [-0.2, -0.15) is 0 Å². The van der Waals surface area contributed by atoms with Crippen LogP contribution in [0.3, 0.4) is 0 Å². The van der Waals surface area contributed by atoms with Crippen molar-refractivity contribution in [3.63, 3.8) is 0 Å². The molecule has 0 heterocycles. The van der Waals surface area contributed by atoms with E-state index in [2.05, 4.69) is 10.1 Å². The summed E-state index contributed by atoms with van der Waals surface area (Å²) in [5, 5.41) is 19.5. The maximum atomic E-state index is 10.8. The van der Waals surface area contributed by atoms with E-state index in [1.807, 2.05) is 0 Å². The van der Waals surface area contributed by atoms with Crippen LogP contribution in [0.5, 0.6) is 0 Å². The van der Waals surface area contributed by atoms with Gasteiger partial charge in [-0.25, -0.2) is 4.79 Å². The second-order valence-corrected chi connectivity index (χ2v) is 3.03. The Kier molecular flexibility index (Phi) is 4.61. The minimum absolute atomic E-state index is 0.0344. The van der Waals surface area contributed by atoms with E-state index in [4.69, 9.17) is 10.2 Å². The summed E-state index contributed by atoms with van der Waals surface area (Å²) in [4.78, 5) is 10.8. The van der Waals surface area contributed by atoms with Crippen molar-refractivity contribution < 1.29 is 19.7 Å². The van der Waals surface area contributed by atoms with E-state index in [1.165, 1.54) is 0 Å². The molecule has 5 nitrogen and oxygen atoms in total. The fourth-order valence-corrected chi connectivity index (χ4v) is 0.490. The summed E-state index contributed by atoms with van der Waals surface area (Å²) in [5.41, 5.74) is -0.688. The molecular formula is C7H15NO4. The van der Waals surface area contributed by atoms with Crippen LogP contribution in [0.1, 0.15) is 13.8 Å². The zero-order valence-electron chi connectivity index (χ0n) is 7.33. The summed E-state index contributed by atoms with van der Waals surface area (Å²) in [6.07, 6.45) is -0.636. The molecule has 0 aromatic heterocycles. The van der Waals surface area contributed by atoms with Crippen molar-refractivity contribution in [3.05, 3.63) is 0 Å². The number of carbonyl (C=O) groups excluding carboxylic acids is 1. The lowest BCUT2D eigenvalue weighted by Gasteiger charge is -2.22. The maximum Gasteiger partial charge on any atom is 0.407 e. The Hall–Kier alpha value is -0.810. The van der Waals surface area contributed by atoms with Gasteiger partial charge in [-0.1, -0.05) is 0 Å². The number of ether oxygens (including phenoxy) is 1. The molecule has 0 aliphatic carbocycles. The summed E-state index contributed by atoms with van der Waals surface area (Å²) in [6.45, 7) is 2.92. The fourth-order valence-electron chi connectivity index (χ4n) is 0.490. The monoisotopic (exact) mass is 177 g/mol. The third kappa shape index (κ3) is 4.92. The van der Waals surface area contributed by atoms with Crippen LogP contribution in [-0.4, -0.2) is 41.7 Å². The topological polar surface area (TPSA) is 78.8 Å². The van der Waals surface area contributed by atoms with Crippen molar-refractivity contribution in [2.75, 3.05) is 19.8 Å². The number of alkyl carbamates (subject to hydrolysis) is 1. The molecule has 0 aromatic rings. The molecule has 0 saturated carbocycles. The molecule has 0 atom stereocenters. The van der Waals surface area contributed by atoms with Crippen molar-refractivity contribution in [1.29, 1.82) is 0 Å². The largest absolute Gasteiger partial charge is 0.447 e. The maximum absolute atomic E-state index is 10.8. The summed E-state index contributed by atoms with van der Waals surface area (Å²) in [5.74, 6) is 0. The molecule has 0 fully saturated rings.